The molecular formula is C24H35N3O3. The van der Waals surface area contributed by atoms with E-state index in [1.54, 1.807) is 4.90 Å². The van der Waals surface area contributed by atoms with E-state index in [1.165, 1.54) is 12.8 Å². The zero-order valence-corrected chi connectivity index (χ0v) is 18.4. The molecule has 0 spiro atoms. The molecule has 30 heavy (non-hydrogen) atoms. The molecule has 0 aromatic heterocycles. The lowest BCUT2D eigenvalue weighted by atomic mass is 9.77. The van der Waals surface area contributed by atoms with Gasteiger partial charge < -0.3 is 19.9 Å². The fourth-order valence-corrected chi connectivity index (χ4v) is 5.25. The van der Waals surface area contributed by atoms with Crippen LogP contribution in [0.2, 0.25) is 0 Å². The Morgan fingerprint density at radius 3 is 2.57 bits per heavy atom. The molecule has 0 bridgehead atoms. The maximum absolute atomic E-state index is 12.9. The monoisotopic (exact) mass is 413 g/mol. The molecule has 2 fully saturated rings. The highest BCUT2D eigenvalue weighted by Gasteiger charge is 2.38. The fraction of sp³-hybridized carbons (Fsp3) is 0.667. The van der Waals surface area contributed by atoms with Crippen LogP contribution in [0.15, 0.2) is 24.3 Å². The molecule has 1 N–H and O–H groups in total. The van der Waals surface area contributed by atoms with Crippen molar-refractivity contribution in [1.82, 2.24) is 10.2 Å². The van der Waals surface area contributed by atoms with Crippen LogP contribution in [-0.2, 0) is 19.7 Å². The van der Waals surface area contributed by atoms with Crippen LogP contribution < -0.4 is 10.2 Å². The summed E-state index contributed by atoms with van der Waals surface area (Å²) < 4.78 is 5.61. The van der Waals surface area contributed by atoms with Crippen molar-refractivity contribution in [2.24, 2.45) is 5.41 Å². The van der Waals surface area contributed by atoms with Gasteiger partial charge in [-0.05, 0) is 50.4 Å². The molecule has 2 amide bonds. The molecule has 3 aliphatic heterocycles. The lowest BCUT2D eigenvalue weighted by Gasteiger charge is -2.41. The fourth-order valence-electron chi connectivity index (χ4n) is 5.25. The number of nitrogens with one attached hydrogen (secondary N) is 1. The van der Waals surface area contributed by atoms with Crippen molar-refractivity contribution in [2.45, 2.75) is 51.4 Å². The largest absolute Gasteiger partial charge is 0.381 e. The third kappa shape index (κ3) is 4.54. The molecular weight excluding hydrogens is 378 g/mol. The number of nitrogens with zero attached hydrogens (tertiary/aromatic N) is 2. The van der Waals surface area contributed by atoms with Crippen LogP contribution in [-0.4, -0.2) is 62.7 Å². The van der Waals surface area contributed by atoms with E-state index in [9.17, 15) is 9.59 Å². The molecule has 3 aliphatic rings. The number of amides is 2. The Morgan fingerprint density at radius 1 is 1.13 bits per heavy atom. The molecule has 6 nitrogen and oxygen atoms in total. The number of fused-ring (bicyclic) bond motifs is 1. The standard InChI is InChI=1S/C24H35N3O3/c1-23(2)15-22(29)27(20-8-4-3-7-19(20)23)16-21(28)25-17-24(9-13-30-14-10-24)18-26-11-5-6-12-26/h3-4,7-8H,5-6,9-18H2,1-2H3,(H,25,28). The highest BCUT2D eigenvalue weighted by molar-refractivity contribution is 6.02. The molecule has 6 heteroatoms. The molecule has 3 heterocycles. The van der Waals surface area contributed by atoms with Gasteiger partial charge in [0.2, 0.25) is 11.8 Å². The second kappa shape index (κ2) is 8.67. The number of carbonyl (C=O) groups is 2. The van der Waals surface area contributed by atoms with Gasteiger partial charge in [0.25, 0.3) is 0 Å². The summed E-state index contributed by atoms with van der Waals surface area (Å²) in [6, 6.07) is 7.96. The molecule has 164 valence electrons. The molecule has 0 unspecified atom stereocenters. The van der Waals surface area contributed by atoms with Crippen molar-refractivity contribution in [2.75, 3.05) is 50.8 Å². The van der Waals surface area contributed by atoms with Gasteiger partial charge in [0.05, 0.1) is 0 Å². The summed E-state index contributed by atoms with van der Waals surface area (Å²) in [5.41, 5.74) is 1.87. The zero-order chi connectivity index (χ0) is 21.2. The molecule has 4 rings (SSSR count). The predicted octanol–water partition coefficient (Wildman–Crippen LogP) is 2.71. The molecule has 0 radical (unpaired) electrons. The van der Waals surface area contributed by atoms with E-state index in [-0.39, 0.29) is 29.2 Å². The van der Waals surface area contributed by atoms with Gasteiger partial charge in [-0.1, -0.05) is 32.0 Å². The first-order valence-corrected chi connectivity index (χ1v) is 11.4. The summed E-state index contributed by atoms with van der Waals surface area (Å²) in [6.45, 7) is 9.78. The maximum atomic E-state index is 12.9. The summed E-state index contributed by atoms with van der Waals surface area (Å²) in [7, 11) is 0. The summed E-state index contributed by atoms with van der Waals surface area (Å²) in [5, 5.41) is 3.17. The summed E-state index contributed by atoms with van der Waals surface area (Å²) >= 11 is 0. The smallest absolute Gasteiger partial charge is 0.240 e. The van der Waals surface area contributed by atoms with Crippen LogP contribution in [0, 0.1) is 5.41 Å². The molecule has 0 atom stereocenters. The van der Waals surface area contributed by atoms with Gasteiger partial charge in [0.1, 0.15) is 6.54 Å². The first-order valence-electron chi connectivity index (χ1n) is 11.4. The minimum Gasteiger partial charge on any atom is -0.381 e. The van der Waals surface area contributed by atoms with Crippen molar-refractivity contribution in [3.63, 3.8) is 0 Å². The van der Waals surface area contributed by atoms with Gasteiger partial charge in [0.15, 0.2) is 0 Å². The Kier molecular flexibility index (Phi) is 6.16. The van der Waals surface area contributed by atoms with Crippen molar-refractivity contribution >= 4 is 17.5 Å². The SMILES string of the molecule is CC1(C)CC(=O)N(CC(=O)NCC2(CN3CCCC3)CCOCC2)c2ccccc21. The second-order valence-electron chi connectivity index (χ2n) is 9.93. The Hall–Kier alpha value is -1.92. The second-order valence-corrected chi connectivity index (χ2v) is 9.93. The van der Waals surface area contributed by atoms with Crippen LogP contribution in [0.25, 0.3) is 0 Å². The third-order valence-corrected chi connectivity index (χ3v) is 7.09. The number of benzene rings is 1. The van der Waals surface area contributed by atoms with E-state index in [0.717, 1.165) is 56.9 Å². The highest BCUT2D eigenvalue weighted by Crippen LogP contribution is 2.40. The van der Waals surface area contributed by atoms with Gasteiger partial charge >= 0.3 is 0 Å². The number of ether oxygens (including phenoxy) is 1. The topological polar surface area (TPSA) is 61.9 Å². The number of anilines is 1. The number of hydrogen-bond acceptors (Lipinski definition) is 4. The van der Waals surface area contributed by atoms with E-state index in [1.807, 2.05) is 18.2 Å². The van der Waals surface area contributed by atoms with Gasteiger partial charge in [-0.3, -0.25) is 9.59 Å². The minimum absolute atomic E-state index is 0.0201. The van der Waals surface area contributed by atoms with Crippen molar-refractivity contribution in [3.05, 3.63) is 29.8 Å². The Morgan fingerprint density at radius 2 is 1.83 bits per heavy atom. The summed E-state index contributed by atoms with van der Waals surface area (Å²) in [4.78, 5) is 29.9. The summed E-state index contributed by atoms with van der Waals surface area (Å²) in [5.74, 6) is -0.0585. The van der Waals surface area contributed by atoms with Crippen LogP contribution in [0.4, 0.5) is 5.69 Å². The lowest BCUT2D eigenvalue weighted by Crippen LogP contribution is -2.51. The lowest BCUT2D eigenvalue weighted by molar-refractivity contribution is -0.125. The quantitative estimate of drug-likeness (QED) is 0.779. The zero-order valence-electron chi connectivity index (χ0n) is 18.4. The van der Waals surface area contributed by atoms with Gasteiger partial charge in [-0.15, -0.1) is 0 Å². The number of rotatable bonds is 6. The molecule has 0 aliphatic carbocycles. The van der Waals surface area contributed by atoms with Crippen LogP contribution >= 0.6 is 0 Å². The number of para-hydroxylation sites is 1. The average molecular weight is 414 g/mol. The van der Waals surface area contributed by atoms with Gasteiger partial charge in [-0.25, -0.2) is 0 Å². The molecule has 0 saturated carbocycles. The van der Waals surface area contributed by atoms with Crippen molar-refractivity contribution in [1.29, 1.82) is 0 Å². The first-order chi connectivity index (χ1) is 14.4. The Labute approximate surface area is 179 Å². The average Bonchev–Trinajstić information content (AvgIpc) is 3.23. The predicted molar refractivity (Wildman–Crippen MR) is 118 cm³/mol. The van der Waals surface area contributed by atoms with E-state index in [4.69, 9.17) is 4.74 Å². The van der Waals surface area contributed by atoms with Gasteiger partial charge in [-0.2, -0.15) is 0 Å². The molecule has 1 aromatic rings. The van der Waals surface area contributed by atoms with E-state index in [0.29, 0.717) is 13.0 Å². The van der Waals surface area contributed by atoms with Crippen molar-refractivity contribution < 1.29 is 14.3 Å². The van der Waals surface area contributed by atoms with Gasteiger partial charge in [0, 0.05) is 49.2 Å². The van der Waals surface area contributed by atoms with Crippen LogP contribution in [0.1, 0.15) is 51.5 Å². The van der Waals surface area contributed by atoms with Crippen LogP contribution in [0.3, 0.4) is 0 Å². The van der Waals surface area contributed by atoms with Crippen LogP contribution in [0.5, 0.6) is 0 Å². The van der Waals surface area contributed by atoms with E-state index >= 15 is 0 Å². The Balaban J connectivity index is 1.41. The highest BCUT2D eigenvalue weighted by atomic mass is 16.5. The minimum atomic E-state index is -0.206. The third-order valence-electron chi connectivity index (χ3n) is 7.09. The van der Waals surface area contributed by atoms with E-state index in [2.05, 4.69) is 30.1 Å². The Bertz CT molecular complexity index is 780. The number of carbonyl (C=O) groups excluding carboxylic acids is 2. The molecule has 1 aromatic carbocycles. The first kappa shape index (κ1) is 21.3. The van der Waals surface area contributed by atoms with Crippen molar-refractivity contribution in [3.8, 4) is 0 Å². The summed E-state index contributed by atoms with van der Waals surface area (Å²) in [6.07, 6.45) is 4.91. The molecule has 2 saturated heterocycles. The number of hydrogen-bond donors (Lipinski definition) is 1. The number of likely N-dealkylation sites (tertiary alicyclic amines) is 1. The van der Waals surface area contributed by atoms with E-state index < -0.39 is 0 Å². The maximum Gasteiger partial charge on any atom is 0.240 e. The normalized spacial score (nSPS) is 23.3.